The SMILES string of the molecule is COCC1=C(OC)C(O)[C@H](n2cnc3c(N)ncnc32)O1. The molecular weight excluding hydrogens is 278 g/mol. The highest BCUT2D eigenvalue weighted by atomic mass is 16.6. The van der Waals surface area contributed by atoms with Gasteiger partial charge in [0.25, 0.3) is 0 Å². The van der Waals surface area contributed by atoms with Crippen LogP contribution in [-0.2, 0) is 14.2 Å². The number of aliphatic hydroxyl groups excluding tert-OH is 1. The number of nitrogen functional groups attached to an aromatic ring is 1. The molecule has 0 saturated carbocycles. The van der Waals surface area contributed by atoms with E-state index in [-0.39, 0.29) is 12.4 Å². The highest BCUT2D eigenvalue weighted by Gasteiger charge is 2.38. The smallest absolute Gasteiger partial charge is 0.211 e. The predicted octanol–water partition coefficient (Wildman–Crippen LogP) is -0.197. The van der Waals surface area contributed by atoms with Gasteiger partial charge in [-0.05, 0) is 0 Å². The molecule has 0 bridgehead atoms. The molecule has 9 nitrogen and oxygen atoms in total. The number of methoxy groups -OCH3 is 2. The Bertz CT molecular complexity index is 698. The van der Waals surface area contributed by atoms with Crippen LogP contribution in [0.3, 0.4) is 0 Å². The summed E-state index contributed by atoms with van der Waals surface area (Å²) in [5, 5.41) is 10.4. The molecule has 112 valence electrons. The number of ether oxygens (including phenoxy) is 3. The van der Waals surface area contributed by atoms with Crippen molar-refractivity contribution < 1.29 is 19.3 Å². The Hall–Kier alpha value is -2.39. The van der Waals surface area contributed by atoms with Crippen LogP contribution in [0.5, 0.6) is 0 Å². The molecule has 21 heavy (non-hydrogen) atoms. The number of fused-ring (bicyclic) bond motifs is 1. The monoisotopic (exact) mass is 293 g/mol. The van der Waals surface area contributed by atoms with Gasteiger partial charge in [-0.25, -0.2) is 15.0 Å². The van der Waals surface area contributed by atoms with Crippen LogP contribution in [0.1, 0.15) is 6.23 Å². The lowest BCUT2D eigenvalue weighted by atomic mass is 10.2. The molecule has 3 N–H and O–H groups in total. The van der Waals surface area contributed by atoms with Crippen molar-refractivity contribution in [3.63, 3.8) is 0 Å². The molecular formula is C12H15N5O4. The Labute approximate surface area is 120 Å². The molecule has 0 radical (unpaired) electrons. The second kappa shape index (κ2) is 5.19. The van der Waals surface area contributed by atoms with E-state index in [1.165, 1.54) is 26.9 Å². The average Bonchev–Trinajstić information content (AvgIpc) is 3.02. The summed E-state index contributed by atoms with van der Waals surface area (Å²) in [5.41, 5.74) is 6.67. The first kappa shape index (κ1) is 13.6. The Kier molecular flexibility index (Phi) is 3.35. The number of nitrogens with zero attached hydrogens (tertiary/aromatic N) is 4. The van der Waals surface area contributed by atoms with Crippen molar-refractivity contribution in [2.24, 2.45) is 0 Å². The van der Waals surface area contributed by atoms with Gasteiger partial charge in [-0.2, -0.15) is 0 Å². The maximum Gasteiger partial charge on any atom is 0.211 e. The maximum atomic E-state index is 10.4. The molecule has 2 atom stereocenters. The van der Waals surface area contributed by atoms with E-state index in [0.717, 1.165) is 0 Å². The molecule has 0 amide bonds. The largest absolute Gasteiger partial charge is 0.494 e. The van der Waals surface area contributed by atoms with E-state index in [0.29, 0.717) is 22.7 Å². The van der Waals surface area contributed by atoms with Crippen LogP contribution in [0, 0.1) is 0 Å². The lowest BCUT2D eigenvalue weighted by molar-refractivity contribution is -0.0159. The molecule has 0 saturated heterocycles. The van der Waals surface area contributed by atoms with Gasteiger partial charge in [0.05, 0.1) is 7.11 Å². The number of hydrogen-bond donors (Lipinski definition) is 2. The molecule has 2 aromatic rings. The number of aromatic nitrogens is 4. The van der Waals surface area contributed by atoms with Crippen molar-refractivity contribution in [1.29, 1.82) is 0 Å². The highest BCUT2D eigenvalue weighted by molar-refractivity contribution is 5.81. The zero-order valence-electron chi connectivity index (χ0n) is 11.6. The van der Waals surface area contributed by atoms with E-state index >= 15 is 0 Å². The molecule has 9 heteroatoms. The van der Waals surface area contributed by atoms with Crippen LogP contribution < -0.4 is 5.73 Å². The zero-order valence-corrected chi connectivity index (χ0v) is 11.6. The Morgan fingerprint density at radius 3 is 2.90 bits per heavy atom. The lowest BCUT2D eigenvalue weighted by Gasteiger charge is -2.17. The van der Waals surface area contributed by atoms with Gasteiger partial charge in [-0.3, -0.25) is 4.57 Å². The predicted molar refractivity (Wildman–Crippen MR) is 71.8 cm³/mol. The van der Waals surface area contributed by atoms with Gasteiger partial charge in [-0.1, -0.05) is 0 Å². The molecule has 0 aliphatic carbocycles. The lowest BCUT2D eigenvalue weighted by Crippen LogP contribution is -2.22. The van der Waals surface area contributed by atoms with Crippen LogP contribution in [0.15, 0.2) is 24.2 Å². The fourth-order valence-electron chi connectivity index (χ4n) is 2.30. The van der Waals surface area contributed by atoms with Crippen molar-refractivity contribution >= 4 is 17.0 Å². The topological polar surface area (TPSA) is 118 Å². The van der Waals surface area contributed by atoms with Crippen LogP contribution in [0.2, 0.25) is 0 Å². The molecule has 1 aliphatic rings. The van der Waals surface area contributed by atoms with Crippen molar-refractivity contribution in [2.45, 2.75) is 12.3 Å². The van der Waals surface area contributed by atoms with E-state index in [1.54, 1.807) is 4.57 Å². The molecule has 3 rings (SSSR count). The summed E-state index contributed by atoms with van der Waals surface area (Å²) in [6.45, 7) is 0.195. The van der Waals surface area contributed by atoms with E-state index in [1.807, 2.05) is 0 Å². The average molecular weight is 293 g/mol. The molecule has 0 fully saturated rings. The van der Waals surface area contributed by atoms with Crippen molar-refractivity contribution in [3.05, 3.63) is 24.2 Å². The summed E-state index contributed by atoms with van der Waals surface area (Å²) in [6, 6.07) is 0. The first-order valence-corrected chi connectivity index (χ1v) is 6.21. The minimum absolute atomic E-state index is 0.195. The molecule has 2 aromatic heterocycles. The fraction of sp³-hybridized carbons (Fsp3) is 0.417. The summed E-state index contributed by atoms with van der Waals surface area (Å²) in [7, 11) is 3.00. The van der Waals surface area contributed by atoms with Crippen molar-refractivity contribution in [3.8, 4) is 0 Å². The van der Waals surface area contributed by atoms with Crippen LogP contribution in [0.4, 0.5) is 5.82 Å². The van der Waals surface area contributed by atoms with Crippen LogP contribution in [-0.4, -0.2) is 51.6 Å². The van der Waals surface area contributed by atoms with E-state index in [9.17, 15) is 5.11 Å². The number of anilines is 1. The van der Waals surface area contributed by atoms with Gasteiger partial charge in [-0.15, -0.1) is 0 Å². The molecule has 0 aromatic carbocycles. The fourth-order valence-corrected chi connectivity index (χ4v) is 2.30. The minimum atomic E-state index is -0.992. The Balaban J connectivity index is 2.00. The number of nitrogens with two attached hydrogens (primary N) is 1. The molecule has 0 spiro atoms. The third kappa shape index (κ3) is 2.06. The summed E-state index contributed by atoms with van der Waals surface area (Å²) >= 11 is 0. The van der Waals surface area contributed by atoms with Crippen molar-refractivity contribution in [1.82, 2.24) is 19.5 Å². The third-order valence-corrected chi connectivity index (χ3v) is 3.23. The van der Waals surface area contributed by atoms with E-state index in [4.69, 9.17) is 19.9 Å². The van der Waals surface area contributed by atoms with Crippen molar-refractivity contribution in [2.75, 3.05) is 26.6 Å². The maximum absolute atomic E-state index is 10.4. The number of aliphatic hydroxyl groups is 1. The second-order valence-electron chi connectivity index (χ2n) is 4.46. The third-order valence-electron chi connectivity index (χ3n) is 3.23. The second-order valence-corrected chi connectivity index (χ2v) is 4.46. The standard InChI is InChI=1S/C12H15N5O4/c1-19-3-6-9(20-2)8(18)12(21-6)17-5-16-7-10(13)14-4-15-11(7)17/h4-5,8,12,18H,3H2,1-2H3,(H2,13,14,15)/t8?,12-/m1/s1. The summed E-state index contributed by atoms with van der Waals surface area (Å²) < 4.78 is 17.5. The normalized spacial score (nSPS) is 21.9. The first-order chi connectivity index (χ1) is 10.2. The van der Waals surface area contributed by atoms with E-state index in [2.05, 4.69) is 15.0 Å². The number of hydrogen-bond acceptors (Lipinski definition) is 8. The highest BCUT2D eigenvalue weighted by Crippen LogP contribution is 2.34. The number of imidazole rings is 1. The van der Waals surface area contributed by atoms with Gasteiger partial charge >= 0.3 is 0 Å². The van der Waals surface area contributed by atoms with Gasteiger partial charge in [0.1, 0.15) is 24.8 Å². The Morgan fingerprint density at radius 1 is 1.38 bits per heavy atom. The summed E-state index contributed by atoms with van der Waals surface area (Å²) in [4.78, 5) is 12.2. The number of rotatable bonds is 4. The molecule has 1 aliphatic heterocycles. The molecule has 1 unspecified atom stereocenters. The first-order valence-electron chi connectivity index (χ1n) is 6.21. The van der Waals surface area contributed by atoms with Gasteiger partial charge < -0.3 is 25.1 Å². The van der Waals surface area contributed by atoms with Crippen LogP contribution >= 0.6 is 0 Å². The zero-order chi connectivity index (χ0) is 15.0. The summed E-state index contributed by atoms with van der Waals surface area (Å²) in [6.07, 6.45) is 1.09. The summed E-state index contributed by atoms with van der Waals surface area (Å²) in [5.74, 6) is 1.02. The van der Waals surface area contributed by atoms with E-state index < -0.39 is 12.3 Å². The molecule has 3 heterocycles. The Morgan fingerprint density at radius 2 is 2.19 bits per heavy atom. The van der Waals surface area contributed by atoms with Gasteiger partial charge in [0.2, 0.25) is 6.23 Å². The quantitative estimate of drug-likeness (QED) is 0.796. The van der Waals surface area contributed by atoms with Crippen LogP contribution in [0.25, 0.3) is 11.2 Å². The minimum Gasteiger partial charge on any atom is -0.494 e. The van der Waals surface area contributed by atoms with Gasteiger partial charge in [0.15, 0.2) is 29.1 Å². The van der Waals surface area contributed by atoms with Gasteiger partial charge in [0, 0.05) is 7.11 Å².